The molecule has 1 aromatic carbocycles. The smallest absolute Gasteiger partial charge is 0.247 e. The minimum absolute atomic E-state index is 0.219. The van der Waals surface area contributed by atoms with E-state index in [1.807, 2.05) is 0 Å². The number of rotatable bonds is 3. The van der Waals surface area contributed by atoms with E-state index in [0.717, 1.165) is 4.57 Å². The van der Waals surface area contributed by atoms with Crippen molar-refractivity contribution in [3.63, 3.8) is 0 Å². The molecule has 2 aromatic rings. The summed E-state index contributed by atoms with van der Waals surface area (Å²) in [6.07, 6.45) is 1.17. The number of nitrogens with zero attached hydrogens (tertiary/aromatic N) is 3. The first kappa shape index (κ1) is 15.0. The third-order valence-corrected chi connectivity index (χ3v) is 3.58. The molecule has 0 aliphatic heterocycles. The highest BCUT2D eigenvalue weighted by Gasteiger charge is 2.27. The number of benzene rings is 1. The molecule has 0 saturated heterocycles. The van der Waals surface area contributed by atoms with Crippen molar-refractivity contribution < 1.29 is 4.39 Å². The lowest BCUT2D eigenvalue weighted by molar-refractivity contribution is 0.513. The number of halogens is 5. The average Bonchev–Trinajstić information content (AvgIpc) is 2.59. The summed E-state index contributed by atoms with van der Waals surface area (Å²) in [7, 11) is 0. The van der Waals surface area contributed by atoms with E-state index in [1.54, 1.807) is 6.07 Å². The van der Waals surface area contributed by atoms with Gasteiger partial charge in [0.1, 0.15) is 6.33 Å². The van der Waals surface area contributed by atoms with Gasteiger partial charge in [0.05, 0.1) is 22.7 Å². The van der Waals surface area contributed by atoms with Crippen LogP contribution < -0.4 is 5.69 Å². The van der Waals surface area contributed by atoms with Gasteiger partial charge in [0.15, 0.2) is 0 Å². The van der Waals surface area contributed by atoms with E-state index in [0.29, 0.717) is 14.8 Å². The van der Waals surface area contributed by atoms with E-state index < -0.39 is 9.61 Å². The van der Waals surface area contributed by atoms with Crippen LogP contribution in [0.3, 0.4) is 0 Å². The zero-order chi connectivity index (χ0) is 14.2. The Hall–Kier alpha value is -0.400. The Morgan fingerprint density at radius 3 is 2.58 bits per heavy atom. The van der Waals surface area contributed by atoms with Gasteiger partial charge in [0.2, 0.25) is 0 Å². The average molecular weight is 363 g/mol. The fourth-order valence-corrected chi connectivity index (χ4v) is 2.64. The van der Waals surface area contributed by atoms with Gasteiger partial charge in [-0.25, -0.2) is 9.36 Å². The lowest BCUT2D eigenvalue weighted by Crippen LogP contribution is -2.22. The Bertz CT molecular complexity index is 666. The van der Waals surface area contributed by atoms with Gasteiger partial charge in [0, 0.05) is 5.02 Å². The van der Waals surface area contributed by atoms with Crippen LogP contribution in [0.25, 0.3) is 5.69 Å². The molecule has 0 spiro atoms. The maximum atomic E-state index is 13.0. The predicted octanol–water partition coefficient (Wildman–Crippen LogP) is 3.90. The summed E-state index contributed by atoms with van der Waals surface area (Å²) < 4.78 is 12.2. The van der Waals surface area contributed by atoms with Crippen molar-refractivity contribution >= 4 is 58.4 Å². The second kappa shape index (κ2) is 5.54. The van der Waals surface area contributed by atoms with Crippen LogP contribution in [0.15, 0.2) is 29.3 Å². The normalized spacial score (nSPS) is 11.8. The quantitative estimate of drug-likeness (QED) is 0.777. The second-order valence-corrected chi connectivity index (χ2v) is 6.91. The van der Waals surface area contributed by atoms with Crippen molar-refractivity contribution in [1.29, 1.82) is 0 Å². The van der Waals surface area contributed by atoms with E-state index in [1.165, 1.54) is 18.5 Å². The SMILES string of the molecule is O=c1n(-c2ccc(Cl)cc2Cl)cnn1SC(F)(Cl)Cl. The Labute approximate surface area is 131 Å². The highest BCUT2D eigenvalue weighted by atomic mass is 35.5. The monoisotopic (exact) mass is 361 g/mol. The number of aromatic nitrogens is 3. The van der Waals surface area contributed by atoms with Crippen LogP contribution in [-0.4, -0.2) is 17.7 Å². The molecule has 102 valence electrons. The van der Waals surface area contributed by atoms with Crippen molar-refractivity contribution in [3.8, 4) is 5.69 Å². The molecule has 0 saturated carbocycles. The fraction of sp³-hybridized carbons (Fsp3) is 0.111. The van der Waals surface area contributed by atoms with Crippen LogP contribution >= 0.6 is 58.4 Å². The van der Waals surface area contributed by atoms with Gasteiger partial charge < -0.3 is 0 Å². The lowest BCUT2D eigenvalue weighted by atomic mass is 10.3. The molecule has 2 rings (SSSR count). The van der Waals surface area contributed by atoms with Crippen molar-refractivity contribution in [2.75, 3.05) is 0 Å². The zero-order valence-electron chi connectivity index (χ0n) is 8.86. The van der Waals surface area contributed by atoms with E-state index >= 15 is 0 Å². The molecule has 1 heterocycles. The second-order valence-electron chi connectivity index (χ2n) is 3.29. The molecule has 0 aliphatic rings. The number of hydrogen-bond acceptors (Lipinski definition) is 3. The maximum Gasteiger partial charge on any atom is 0.361 e. The van der Waals surface area contributed by atoms with Gasteiger partial charge in [-0.05, 0) is 18.2 Å². The lowest BCUT2D eigenvalue weighted by Gasteiger charge is -2.06. The van der Waals surface area contributed by atoms with Crippen molar-refractivity contribution in [2.24, 2.45) is 0 Å². The summed E-state index contributed by atoms with van der Waals surface area (Å²) in [6, 6.07) is 4.56. The Morgan fingerprint density at radius 2 is 2.00 bits per heavy atom. The van der Waals surface area contributed by atoms with Gasteiger partial charge in [-0.1, -0.05) is 46.4 Å². The molecule has 0 atom stereocenters. The first-order valence-electron chi connectivity index (χ1n) is 4.66. The van der Waals surface area contributed by atoms with Gasteiger partial charge in [-0.2, -0.15) is 4.39 Å². The summed E-state index contributed by atoms with van der Waals surface area (Å²) in [5.41, 5.74) is -0.297. The van der Waals surface area contributed by atoms with Gasteiger partial charge in [0.25, 0.3) is 0 Å². The molecule has 0 unspecified atom stereocenters. The van der Waals surface area contributed by atoms with Crippen molar-refractivity contribution in [1.82, 2.24) is 13.8 Å². The van der Waals surface area contributed by atoms with Crippen LogP contribution in [0.5, 0.6) is 0 Å². The predicted molar refractivity (Wildman–Crippen MR) is 76.4 cm³/mol. The molecule has 1 aromatic heterocycles. The number of hydrogen-bond donors (Lipinski definition) is 0. The van der Waals surface area contributed by atoms with Gasteiger partial charge in [-0.15, -0.1) is 9.19 Å². The van der Waals surface area contributed by atoms with Crippen LogP contribution in [0.4, 0.5) is 4.39 Å². The summed E-state index contributed by atoms with van der Waals surface area (Å²) >= 11 is 22.3. The molecule has 0 N–H and O–H groups in total. The van der Waals surface area contributed by atoms with Crippen molar-refractivity contribution in [2.45, 2.75) is 3.92 Å². The third kappa shape index (κ3) is 3.58. The molecule has 10 heteroatoms. The van der Waals surface area contributed by atoms with E-state index in [4.69, 9.17) is 46.4 Å². The van der Waals surface area contributed by atoms with Crippen LogP contribution in [0, 0.1) is 0 Å². The zero-order valence-corrected chi connectivity index (χ0v) is 12.7. The van der Waals surface area contributed by atoms with Crippen LogP contribution in [0.1, 0.15) is 0 Å². The standard InChI is InChI=1S/C9H4Cl4FN3OS/c10-5-1-2-7(6(11)3-5)16-4-15-17(8(16)18)19-9(12,13)14/h1-4H. The first-order valence-corrected chi connectivity index (χ1v) is 6.95. The topological polar surface area (TPSA) is 39.8 Å². The largest absolute Gasteiger partial charge is 0.361 e. The maximum absolute atomic E-state index is 13.0. The van der Waals surface area contributed by atoms with Gasteiger partial charge in [-0.3, -0.25) is 0 Å². The van der Waals surface area contributed by atoms with Gasteiger partial charge >= 0.3 is 9.61 Å². The summed E-state index contributed by atoms with van der Waals surface area (Å²) in [5.74, 6) is 0. The molecule has 0 fully saturated rings. The molecular weight excluding hydrogens is 359 g/mol. The summed E-state index contributed by atoms with van der Waals surface area (Å²) in [5, 5.41) is 4.35. The molecule has 19 heavy (non-hydrogen) atoms. The molecule has 0 aliphatic carbocycles. The molecule has 4 nitrogen and oxygen atoms in total. The van der Waals surface area contributed by atoms with E-state index in [9.17, 15) is 9.18 Å². The van der Waals surface area contributed by atoms with E-state index in [2.05, 4.69) is 5.10 Å². The fourth-order valence-electron chi connectivity index (χ4n) is 1.29. The minimum Gasteiger partial charge on any atom is -0.247 e. The molecule has 0 bridgehead atoms. The first-order chi connectivity index (χ1) is 8.78. The molecule has 0 amide bonds. The summed E-state index contributed by atoms with van der Waals surface area (Å²) in [4.78, 5) is 12.0. The Morgan fingerprint density at radius 1 is 1.32 bits per heavy atom. The van der Waals surface area contributed by atoms with E-state index in [-0.39, 0.29) is 17.0 Å². The summed E-state index contributed by atoms with van der Waals surface area (Å²) in [6.45, 7) is 0. The molecular formula is C9H4Cl4FN3OS. The van der Waals surface area contributed by atoms with Crippen LogP contribution in [0.2, 0.25) is 10.0 Å². The Balaban J connectivity index is 2.45. The third-order valence-electron chi connectivity index (χ3n) is 2.00. The highest BCUT2D eigenvalue weighted by molar-refractivity contribution is 8.01. The molecule has 0 radical (unpaired) electrons. The minimum atomic E-state index is -2.66. The highest BCUT2D eigenvalue weighted by Crippen LogP contribution is 2.35. The van der Waals surface area contributed by atoms with Crippen LogP contribution in [-0.2, 0) is 0 Å². The number of alkyl halides is 3. The Kier molecular flexibility index (Phi) is 4.37. The van der Waals surface area contributed by atoms with Crippen molar-refractivity contribution in [3.05, 3.63) is 45.1 Å².